The first-order valence-corrected chi connectivity index (χ1v) is 20.1. The average Bonchev–Trinajstić information content (AvgIpc) is 4.06. The summed E-state index contributed by atoms with van der Waals surface area (Å²) in [5.41, 5.74) is 3.51. The zero-order valence-electron chi connectivity index (χ0n) is 33.2. The Labute approximate surface area is 341 Å². The number of alkyl carbamates (subject to hydrolysis) is 2. The molecule has 20 heteroatoms. The molecule has 2 bridgehead atoms. The number of carbonyl (C=O) groups excluding carboxylic acids is 4. The number of imidazole rings is 2. The predicted molar refractivity (Wildman–Crippen MR) is 201 cm³/mol. The zero-order chi connectivity index (χ0) is 43.0. The lowest BCUT2D eigenvalue weighted by Crippen LogP contribution is -2.50. The maximum absolute atomic E-state index is 13.4. The van der Waals surface area contributed by atoms with Gasteiger partial charge in [0.1, 0.15) is 23.7 Å². The van der Waals surface area contributed by atoms with Crippen LogP contribution < -0.4 is 10.6 Å². The fourth-order valence-electron chi connectivity index (χ4n) is 9.75. The molecule has 4 N–H and O–H groups in total. The number of aromatic nitrogens is 4. The van der Waals surface area contributed by atoms with E-state index in [1.54, 1.807) is 12.4 Å². The number of hydrogen-bond donors (Lipinski definition) is 4. The Kier molecular flexibility index (Phi) is 11.9. The molecule has 3 saturated carbocycles. The van der Waals surface area contributed by atoms with Gasteiger partial charge < -0.3 is 39.9 Å². The largest absolute Gasteiger partial charge is 0.453 e. The van der Waals surface area contributed by atoms with E-state index in [2.05, 4.69) is 41.5 Å². The summed E-state index contributed by atoms with van der Waals surface area (Å²) < 4.78 is 89.1. The van der Waals surface area contributed by atoms with Gasteiger partial charge in [0.05, 0.1) is 51.0 Å². The van der Waals surface area contributed by atoms with Gasteiger partial charge in [-0.2, -0.15) is 26.3 Å². The van der Waals surface area contributed by atoms with Crippen LogP contribution in [0.5, 0.6) is 0 Å². The molecule has 4 atom stereocenters. The van der Waals surface area contributed by atoms with Crippen LogP contribution in [0.4, 0.5) is 35.9 Å². The molecule has 3 aromatic rings. The fraction of sp³-hybridized carbons (Fsp3) is 0.600. The molecule has 2 aromatic heterocycles. The van der Waals surface area contributed by atoms with Gasteiger partial charge in [0.2, 0.25) is 11.8 Å². The Bertz CT molecular complexity index is 2030. The third-order valence-corrected chi connectivity index (χ3v) is 12.9. The molecule has 0 spiro atoms. The first-order chi connectivity index (χ1) is 28.4. The van der Waals surface area contributed by atoms with Crippen LogP contribution in [0.3, 0.4) is 0 Å². The van der Waals surface area contributed by atoms with Gasteiger partial charge in [0.25, 0.3) is 0 Å². The maximum atomic E-state index is 13.4. The van der Waals surface area contributed by atoms with E-state index in [1.807, 2.05) is 22.8 Å². The number of ether oxygens (including phenoxy) is 2. The van der Waals surface area contributed by atoms with E-state index in [9.17, 15) is 45.5 Å². The summed E-state index contributed by atoms with van der Waals surface area (Å²) in [7, 11) is 2.03. The molecule has 3 aliphatic carbocycles. The Morgan fingerprint density at radius 3 is 1.63 bits per heavy atom. The quantitative estimate of drug-likeness (QED) is 0.149. The van der Waals surface area contributed by atoms with Crippen LogP contribution >= 0.6 is 0 Å². The zero-order valence-corrected chi connectivity index (χ0v) is 33.2. The highest BCUT2D eigenvalue weighted by atomic mass is 19.4. The third-order valence-electron chi connectivity index (χ3n) is 12.9. The van der Waals surface area contributed by atoms with E-state index in [4.69, 9.17) is 0 Å². The Hall–Kier alpha value is -5.30. The summed E-state index contributed by atoms with van der Waals surface area (Å²) >= 11 is 0. The van der Waals surface area contributed by atoms with Crippen LogP contribution in [-0.4, -0.2) is 105 Å². The highest BCUT2D eigenvalue weighted by Gasteiger charge is 2.51. The predicted octanol–water partition coefficient (Wildman–Crippen LogP) is 7.02. The van der Waals surface area contributed by atoms with Crippen molar-refractivity contribution in [3.63, 3.8) is 0 Å². The maximum Gasteiger partial charge on any atom is 0.407 e. The molecule has 2 aliphatic heterocycles. The van der Waals surface area contributed by atoms with Crippen molar-refractivity contribution in [3.05, 3.63) is 59.6 Å². The van der Waals surface area contributed by atoms with E-state index in [1.165, 1.54) is 15.4 Å². The van der Waals surface area contributed by atoms with Crippen LogP contribution in [-0.2, 0) is 29.9 Å². The number of amides is 4. The average molecular weight is 851 g/mol. The molecule has 60 heavy (non-hydrogen) atoms. The van der Waals surface area contributed by atoms with Gasteiger partial charge in [-0.3, -0.25) is 9.59 Å². The van der Waals surface area contributed by atoms with Gasteiger partial charge in [-0.15, -0.1) is 0 Å². The van der Waals surface area contributed by atoms with E-state index in [0.29, 0.717) is 43.0 Å². The van der Waals surface area contributed by atoms with Crippen LogP contribution in [0.1, 0.15) is 112 Å². The van der Waals surface area contributed by atoms with Crippen molar-refractivity contribution < 1.29 is 55.0 Å². The van der Waals surface area contributed by atoms with Crippen LogP contribution in [0.15, 0.2) is 36.7 Å². The second kappa shape index (κ2) is 16.6. The molecule has 2 saturated heterocycles. The molecule has 1 aromatic carbocycles. The lowest BCUT2D eigenvalue weighted by atomic mass is 9.51. The van der Waals surface area contributed by atoms with Crippen molar-refractivity contribution in [1.29, 1.82) is 0 Å². The first kappa shape index (κ1) is 42.8. The van der Waals surface area contributed by atoms with Crippen molar-refractivity contribution in [2.45, 2.75) is 124 Å². The number of rotatable bonds is 11. The summed E-state index contributed by atoms with van der Waals surface area (Å²) in [4.78, 5) is 68.9. The monoisotopic (exact) mass is 850 g/mol. The van der Waals surface area contributed by atoms with Gasteiger partial charge in [-0.1, -0.05) is 24.3 Å². The minimum atomic E-state index is -4.70. The number of nitrogens with one attached hydrogen (secondary N) is 4. The SMILES string of the molecule is COC(=O)NC(CC(F)(F)F)C(=O)N1CCCC1c1ncc(-c2ccc(C34CCC(c5cnc(C6CCCN6C(=O)C(CC(F)(F)F)NC(=O)OC)[nH]5)(CC3)CC4)cc2)[nH]1. The lowest BCUT2D eigenvalue weighted by molar-refractivity contribution is -0.154. The molecule has 8 rings (SSSR count). The number of carbonyl (C=O) groups is 4. The number of hydrogen-bond acceptors (Lipinski definition) is 8. The van der Waals surface area contributed by atoms with E-state index in [-0.39, 0.29) is 23.9 Å². The molecule has 4 heterocycles. The topological polar surface area (TPSA) is 175 Å². The molecule has 14 nitrogen and oxygen atoms in total. The van der Waals surface area contributed by atoms with Gasteiger partial charge in [-0.05, 0) is 80.8 Å². The number of halogens is 6. The Balaban J connectivity index is 0.994. The number of alkyl halides is 6. The lowest BCUT2D eigenvalue weighted by Gasteiger charge is -2.53. The van der Waals surface area contributed by atoms with Crippen molar-refractivity contribution in [2.75, 3.05) is 27.3 Å². The van der Waals surface area contributed by atoms with Crippen molar-refractivity contribution in [1.82, 2.24) is 40.4 Å². The van der Waals surface area contributed by atoms with Crippen LogP contribution in [0.25, 0.3) is 11.3 Å². The Morgan fingerprint density at radius 2 is 1.17 bits per heavy atom. The van der Waals surface area contributed by atoms with Gasteiger partial charge >= 0.3 is 24.5 Å². The number of likely N-dealkylation sites (tertiary alicyclic amines) is 2. The normalized spacial score (nSPS) is 25.2. The smallest absolute Gasteiger partial charge is 0.407 e. The summed E-state index contributed by atoms with van der Waals surface area (Å²) in [6.45, 7) is 0.445. The summed E-state index contributed by atoms with van der Waals surface area (Å²) in [5, 5.41) is 4.08. The number of nitrogens with zero attached hydrogens (tertiary/aromatic N) is 4. The second-order valence-electron chi connectivity index (χ2n) is 16.4. The minimum Gasteiger partial charge on any atom is -0.453 e. The highest BCUT2D eigenvalue weighted by Crippen LogP contribution is 2.58. The summed E-state index contributed by atoms with van der Waals surface area (Å²) in [6, 6.07) is 3.42. The molecule has 0 radical (unpaired) electrons. The number of benzene rings is 1. The second-order valence-corrected chi connectivity index (χ2v) is 16.4. The molecule has 5 fully saturated rings. The van der Waals surface area contributed by atoms with Gasteiger partial charge in [-0.25, -0.2) is 19.6 Å². The minimum absolute atomic E-state index is 0.0347. The van der Waals surface area contributed by atoms with E-state index >= 15 is 0 Å². The summed E-state index contributed by atoms with van der Waals surface area (Å²) in [6.07, 6.45) is -3.70. The van der Waals surface area contributed by atoms with Gasteiger partial charge in [0.15, 0.2) is 0 Å². The molecule has 4 unspecified atom stereocenters. The fourth-order valence-corrected chi connectivity index (χ4v) is 9.75. The molecule has 5 aliphatic rings. The van der Waals surface area contributed by atoms with Crippen molar-refractivity contribution in [3.8, 4) is 11.3 Å². The van der Waals surface area contributed by atoms with Crippen molar-refractivity contribution in [2.24, 2.45) is 0 Å². The highest BCUT2D eigenvalue weighted by molar-refractivity contribution is 5.87. The van der Waals surface area contributed by atoms with Crippen molar-refractivity contribution >= 4 is 24.0 Å². The first-order valence-electron chi connectivity index (χ1n) is 20.1. The number of aromatic amines is 2. The van der Waals surface area contributed by atoms with Crippen LogP contribution in [0.2, 0.25) is 0 Å². The van der Waals surface area contributed by atoms with Crippen LogP contribution in [0, 0.1) is 0 Å². The molecular weight excluding hydrogens is 802 g/mol. The summed E-state index contributed by atoms with van der Waals surface area (Å²) in [5.74, 6) is -0.745. The third kappa shape index (κ3) is 8.91. The number of methoxy groups -OCH3 is 2. The molecule has 4 amide bonds. The Morgan fingerprint density at radius 1 is 0.717 bits per heavy atom. The van der Waals surface area contributed by atoms with Gasteiger partial charge in [0, 0.05) is 30.4 Å². The van der Waals surface area contributed by atoms with E-state index < -0.39 is 73.4 Å². The number of fused-ring (bicyclic) bond motifs is 3. The standard InChI is InChI=1S/C40H48F6N8O6/c1-59-35(57)50-25(19-39(41,42)43)33(55)53-17-3-5-28(53)31-47-21-27(49-31)23-7-9-24(10-8-23)37-11-14-38(15-12-37,16-13-37)30-22-48-32(52-30)29-6-4-18-54(29)34(56)26(20-40(44,45)46)51-36(58)60-2/h7-10,21-22,25-26,28-29H,3-6,11-20H2,1-2H3,(H,47,49)(H,48,52)(H,50,57)(H,51,58). The molecular formula is C40H48F6N8O6. The van der Waals surface area contributed by atoms with E-state index in [0.717, 1.165) is 64.0 Å². The molecule has 326 valence electrons. The number of H-pyrrole nitrogens is 2.